The molecule has 1 heterocycles. The van der Waals surface area contributed by atoms with Crippen LogP contribution in [0.5, 0.6) is 0 Å². The second-order valence-corrected chi connectivity index (χ2v) is 6.04. The van der Waals surface area contributed by atoms with Gasteiger partial charge < -0.3 is 10.2 Å². The number of carbonyl (C=O) groups excluding carboxylic acids is 2. The minimum absolute atomic E-state index is 0.0178. The summed E-state index contributed by atoms with van der Waals surface area (Å²) in [6.07, 6.45) is 2.28. The molecule has 1 atom stereocenters. The van der Waals surface area contributed by atoms with E-state index in [1.807, 2.05) is 42.5 Å². The van der Waals surface area contributed by atoms with Gasteiger partial charge in [-0.05, 0) is 36.6 Å². The lowest BCUT2D eigenvalue weighted by Crippen LogP contribution is -2.29. The van der Waals surface area contributed by atoms with Crippen molar-refractivity contribution in [2.45, 2.75) is 32.2 Å². The summed E-state index contributed by atoms with van der Waals surface area (Å²) in [6.45, 7) is 2.78. The third-order valence-electron chi connectivity index (χ3n) is 4.41. The summed E-state index contributed by atoms with van der Waals surface area (Å²) >= 11 is 0. The quantitative estimate of drug-likeness (QED) is 0.912. The average Bonchev–Trinajstić information content (AvgIpc) is 3.06. The molecule has 0 unspecified atom stereocenters. The Hall–Kier alpha value is -2.62. The summed E-state index contributed by atoms with van der Waals surface area (Å²) in [5.74, 6) is 0.0162. The van der Waals surface area contributed by atoms with E-state index in [9.17, 15) is 9.59 Å². The van der Waals surface area contributed by atoms with Crippen molar-refractivity contribution in [1.82, 2.24) is 5.32 Å². The molecule has 2 aromatic carbocycles. The highest BCUT2D eigenvalue weighted by Crippen LogP contribution is 2.23. The third kappa shape index (κ3) is 3.48. The molecule has 24 heavy (non-hydrogen) atoms. The van der Waals surface area contributed by atoms with Crippen molar-refractivity contribution < 1.29 is 9.59 Å². The van der Waals surface area contributed by atoms with Crippen LogP contribution in [0.2, 0.25) is 0 Å². The lowest BCUT2D eigenvalue weighted by Gasteiger charge is -2.19. The van der Waals surface area contributed by atoms with Gasteiger partial charge in [-0.2, -0.15) is 0 Å². The van der Waals surface area contributed by atoms with Crippen LogP contribution in [-0.4, -0.2) is 18.4 Å². The van der Waals surface area contributed by atoms with Crippen molar-refractivity contribution >= 4 is 17.5 Å². The first-order chi connectivity index (χ1) is 11.7. The van der Waals surface area contributed by atoms with Gasteiger partial charge in [-0.25, -0.2) is 0 Å². The molecule has 0 saturated carbocycles. The standard InChI is InChI=1S/C20H22N2O2/c1-2-18(15-8-4-3-5-9-15)21-20(24)16-10-6-11-17(14-16)22-13-7-12-19(22)23/h3-6,8-11,14,18H,2,7,12-13H2,1H3,(H,21,24)/t18-/m0/s1. The van der Waals surface area contributed by atoms with Crippen molar-refractivity contribution in [2.24, 2.45) is 0 Å². The van der Waals surface area contributed by atoms with Crippen LogP contribution in [0.3, 0.4) is 0 Å². The van der Waals surface area contributed by atoms with Gasteiger partial charge >= 0.3 is 0 Å². The van der Waals surface area contributed by atoms with Gasteiger partial charge in [-0.1, -0.05) is 43.3 Å². The van der Waals surface area contributed by atoms with E-state index in [0.29, 0.717) is 12.0 Å². The molecule has 2 amide bonds. The minimum atomic E-state index is -0.112. The summed E-state index contributed by atoms with van der Waals surface area (Å²) in [6, 6.07) is 17.3. The van der Waals surface area contributed by atoms with Crippen LogP contribution in [0, 0.1) is 0 Å². The Morgan fingerprint density at radius 2 is 1.96 bits per heavy atom. The Balaban J connectivity index is 1.76. The summed E-state index contributed by atoms with van der Waals surface area (Å²) < 4.78 is 0. The van der Waals surface area contributed by atoms with Crippen molar-refractivity contribution in [3.8, 4) is 0 Å². The zero-order chi connectivity index (χ0) is 16.9. The molecule has 0 aromatic heterocycles. The largest absolute Gasteiger partial charge is 0.345 e. The van der Waals surface area contributed by atoms with Crippen LogP contribution in [0.1, 0.15) is 48.1 Å². The van der Waals surface area contributed by atoms with Gasteiger partial charge in [-0.3, -0.25) is 9.59 Å². The lowest BCUT2D eigenvalue weighted by atomic mass is 10.0. The highest BCUT2D eigenvalue weighted by molar-refractivity contribution is 5.99. The Bertz CT molecular complexity index is 727. The molecule has 1 aliphatic rings. The van der Waals surface area contributed by atoms with Crippen LogP contribution in [0.4, 0.5) is 5.69 Å². The van der Waals surface area contributed by atoms with E-state index < -0.39 is 0 Å². The summed E-state index contributed by atoms with van der Waals surface area (Å²) in [5, 5.41) is 3.09. The predicted octanol–water partition coefficient (Wildman–Crippen LogP) is 3.69. The third-order valence-corrected chi connectivity index (χ3v) is 4.41. The monoisotopic (exact) mass is 322 g/mol. The maximum atomic E-state index is 12.6. The average molecular weight is 322 g/mol. The van der Waals surface area contributed by atoms with E-state index >= 15 is 0 Å². The second kappa shape index (κ2) is 7.30. The molecule has 1 fully saturated rings. The van der Waals surface area contributed by atoms with Crippen molar-refractivity contribution in [1.29, 1.82) is 0 Å². The number of anilines is 1. The molecule has 1 saturated heterocycles. The van der Waals surface area contributed by atoms with E-state index in [1.165, 1.54) is 0 Å². The summed E-state index contributed by atoms with van der Waals surface area (Å²) in [5.41, 5.74) is 2.48. The first-order valence-corrected chi connectivity index (χ1v) is 8.45. The highest BCUT2D eigenvalue weighted by Gasteiger charge is 2.22. The Morgan fingerprint density at radius 3 is 2.62 bits per heavy atom. The predicted molar refractivity (Wildman–Crippen MR) is 95.0 cm³/mol. The maximum absolute atomic E-state index is 12.6. The smallest absolute Gasteiger partial charge is 0.251 e. The normalized spacial score (nSPS) is 15.4. The zero-order valence-electron chi connectivity index (χ0n) is 13.9. The fourth-order valence-electron chi connectivity index (χ4n) is 3.08. The number of hydrogen-bond acceptors (Lipinski definition) is 2. The molecule has 3 rings (SSSR count). The molecule has 0 radical (unpaired) electrons. The molecular formula is C20H22N2O2. The zero-order valence-corrected chi connectivity index (χ0v) is 13.9. The van der Waals surface area contributed by atoms with Gasteiger partial charge in [0.1, 0.15) is 0 Å². The minimum Gasteiger partial charge on any atom is -0.345 e. The van der Waals surface area contributed by atoms with Gasteiger partial charge in [0.05, 0.1) is 6.04 Å². The molecule has 2 aromatic rings. The molecule has 4 heteroatoms. The SMILES string of the molecule is CC[C@H](NC(=O)c1cccc(N2CCCC2=O)c1)c1ccccc1. The van der Waals surface area contributed by atoms with Gasteiger partial charge in [0.2, 0.25) is 5.91 Å². The number of carbonyl (C=O) groups is 2. The van der Waals surface area contributed by atoms with Crippen LogP contribution >= 0.6 is 0 Å². The maximum Gasteiger partial charge on any atom is 0.251 e. The van der Waals surface area contributed by atoms with Crippen LogP contribution in [0.15, 0.2) is 54.6 Å². The summed E-state index contributed by atoms with van der Waals surface area (Å²) in [7, 11) is 0. The lowest BCUT2D eigenvalue weighted by molar-refractivity contribution is -0.117. The van der Waals surface area contributed by atoms with Crippen LogP contribution < -0.4 is 10.2 Å². The van der Waals surface area contributed by atoms with Gasteiger partial charge in [-0.15, -0.1) is 0 Å². The van der Waals surface area contributed by atoms with Gasteiger partial charge in [0.15, 0.2) is 0 Å². The fraction of sp³-hybridized carbons (Fsp3) is 0.300. The molecule has 124 valence electrons. The highest BCUT2D eigenvalue weighted by atomic mass is 16.2. The topological polar surface area (TPSA) is 49.4 Å². The first kappa shape index (κ1) is 16.2. The Labute approximate surface area is 142 Å². The van der Waals surface area contributed by atoms with Gasteiger partial charge in [0, 0.05) is 24.2 Å². The molecule has 0 aliphatic carbocycles. The molecule has 4 nitrogen and oxygen atoms in total. The number of hydrogen-bond donors (Lipinski definition) is 1. The van der Waals surface area contributed by atoms with E-state index in [0.717, 1.165) is 30.6 Å². The van der Waals surface area contributed by atoms with Crippen LogP contribution in [0.25, 0.3) is 0 Å². The van der Waals surface area contributed by atoms with Crippen molar-refractivity contribution in [3.05, 3.63) is 65.7 Å². The van der Waals surface area contributed by atoms with E-state index in [1.54, 1.807) is 17.0 Å². The van der Waals surface area contributed by atoms with Crippen molar-refractivity contribution in [2.75, 3.05) is 11.4 Å². The van der Waals surface area contributed by atoms with E-state index in [-0.39, 0.29) is 17.9 Å². The Morgan fingerprint density at radius 1 is 1.17 bits per heavy atom. The first-order valence-electron chi connectivity index (χ1n) is 8.45. The number of amides is 2. The van der Waals surface area contributed by atoms with Gasteiger partial charge in [0.25, 0.3) is 5.91 Å². The fourth-order valence-corrected chi connectivity index (χ4v) is 3.08. The van der Waals surface area contributed by atoms with Crippen LogP contribution in [-0.2, 0) is 4.79 Å². The number of nitrogens with zero attached hydrogens (tertiary/aromatic N) is 1. The molecule has 0 bridgehead atoms. The molecule has 0 spiro atoms. The Kier molecular flexibility index (Phi) is 4.94. The second-order valence-electron chi connectivity index (χ2n) is 6.04. The number of rotatable bonds is 5. The van der Waals surface area contributed by atoms with Crippen molar-refractivity contribution in [3.63, 3.8) is 0 Å². The van der Waals surface area contributed by atoms with E-state index in [2.05, 4.69) is 12.2 Å². The molecule has 1 N–H and O–H groups in total. The summed E-state index contributed by atoms with van der Waals surface area (Å²) in [4.78, 5) is 26.3. The molecular weight excluding hydrogens is 300 g/mol. The number of benzene rings is 2. The number of nitrogens with one attached hydrogen (secondary N) is 1. The molecule has 1 aliphatic heterocycles. The van der Waals surface area contributed by atoms with E-state index in [4.69, 9.17) is 0 Å².